The van der Waals surface area contributed by atoms with Crippen LogP contribution in [0.5, 0.6) is 0 Å². The maximum atomic E-state index is 6.34. The lowest BCUT2D eigenvalue weighted by Gasteiger charge is -2.47. The van der Waals surface area contributed by atoms with Crippen LogP contribution in [-0.2, 0) is 9.31 Å². The first-order valence-electron chi connectivity index (χ1n) is 9.73. The highest BCUT2D eigenvalue weighted by Crippen LogP contribution is 2.35. The number of rotatable bonds is 6. The number of hydrogen-bond acceptors (Lipinski definition) is 2. The molecule has 0 atom stereocenters. The van der Waals surface area contributed by atoms with Gasteiger partial charge in [-0.25, -0.2) is 0 Å². The van der Waals surface area contributed by atoms with Crippen molar-refractivity contribution in [3.8, 4) is 11.1 Å². The Hall–Kier alpha value is -1.62. The summed E-state index contributed by atoms with van der Waals surface area (Å²) in [6.07, 6.45) is 3.81. The van der Waals surface area contributed by atoms with Gasteiger partial charge < -0.3 is 13.7 Å². The largest absolute Gasteiger partial charge is 0.505 e. The Morgan fingerprint density at radius 3 is 2.12 bits per heavy atom. The molecule has 2 aliphatic rings. The van der Waals surface area contributed by atoms with Crippen LogP contribution in [0.2, 0.25) is 0 Å². The van der Waals surface area contributed by atoms with E-state index in [1.54, 1.807) is 0 Å². The third kappa shape index (κ3) is 2.82. The number of nitrogens with zero attached hydrogens (tertiary/aromatic N) is 1. The molecule has 4 rings (SSSR count). The Balaban J connectivity index is 1.63. The van der Waals surface area contributed by atoms with E-state index in [1.807, 2.05) is 0 Å². The SMILES string of the molecule is CCCCC[N+]12CCO[B-]1(c1ccc(-c3ccccc3)cc1)OCC2. The Kier molecular flexibility index (Phi) is 4.68. The summed E-state index contributed by atoms with van der Waals surface area (Å²) >= 11 is 0. The molecule has 0 amide bonds. The summed E-state index contributed by atoms with van der Waals surface area (Å²) < 4.78 is 13.7. The van der Waals surface area contributed by atoms with Gasteiger partial charge >= 0.3 is 6.69 Å². The number of fused-ring (bicyclic) bond motifs is 1. The van der Waals surface area contributed by atoms with E-state index >= 15 is 0 Å². The van der Waals surface area contributed by atoms with Crippen molar-refractivity contribution in [2.24, 2.45) is 0 Å². The average Bonchev–Trinajstić information content (AvgIpc) is 3.19. The van der Waals surface area contributed by atoms with Crippen LogP contribution in [0, 0.1) is 0 Å². The molecular formula is C21H28BNO2. The topological polar surface area (TPSA) is 18.5 Å². The Morgan fingerprint density at radius 1 is 0.840 bits per heavy atom. The maximum absolute atomic E-state index is 6.34. The number of unbranched alkanes of at least 4 members (excludes halogenated alkanes) is 2. The molecule has 2 aromatic carbocycles. The Morgan fingerprint density at radius 2 is 1.48 bits per heavy atom. The fraction of sp³-hybridized carbons (Fsp3) is 0.429. The highest BCUT2D eigenvalue weighted by atomic mass is 16.6. The highest BCUT2D eigenvalue weighted by Gasteiger charge is 2.58. The van der Waals surface area contributed by atoms with Gasteiger partial charge in [0.05, 0.1) is 26.3 Å². The molecular weight excluding hydrogens is 309 g/mol. The minimum atomic E-state index is -1.38. The van der Waals surface area contributed by atoms with Crippen LogP contribution in [0.1, 0.15) is 26.2 Å². The van der Waals surface area contributed by atoms with Crippen LogP contribution < -0.4 is 5.46 Å². The summed E-state index contributed by atoms with van der Waals surface area (Å²) in [6, 6.07) is 19.4. The quantitative estimate of drug-likeness (QED) is 0.593. The molecule has 0 aromatic heterocycles. The van der Waals surface area contributed by atoms with E-state index in [2.05, 4.69) is 61.5 Å². The van der Waals surface area contributed by atoms with Gasteiger partial charge in [0.25, 0.3) is 0 Å². The van der Waals surface area contributed by atoms with Gasteiger partial charge in [0, 0.05) is 6.54 Å². The molecule has 2 saturated heterocycles. The lowest BCUT2D eigenvalue weighted by Crippen LogP contribution is -2.69. The fourth-order valence-electron chi connectivity index (χ4n) is 4.73. The fourth-order valence-corrected chi connectivity index (χ4v) is 4.73. The van der Waals surface area contributed by atoms with E-state index in [1.165, 1.54) is 42.4 Å². The van der Waals surface area contributed by atoms with Crippen LogP contribution >= 0.6 is 0 Å². The van der Waals surface area contributed by atoms with Gasteiger partial charge in [0.2, 0.25) is 0 Å². The predicted molar refractivity (Wildman–Crippen MR) is 104 cm³/mol. The van der Waals surface area contributed by atoms with Crippen molar-refractivity contribution in [3.05, 3.63) is 54.6 Å². The molecule has 4 heteroatoms. The second-order valence-corrected chi connectivity index (χ2v) is 7.50. The van der Waals surface area contributed by atoms with Gasteiger partial charge in [-0.05, 0) is 24.0 Å². The minimum Gasteiger partial charge on any atom is -0.505 e. The van der Waals surface area contributed by atoms with Crippen LogP contribution in [0.3, 0.4) is 0 Å². The number of hydrogen-bond donors (Lipinski definition) is 0. The average molecular weight is 337 g/mol. The predicted octanol–water partition coefficient (Wildman–Crippen LogP) is 3.57. The van der Waals surface area contributed by atoms with E-state index in [0.29, 0.717) is 0 Å². The van der Waals surface area contributed by atoms with E-state index in [0.717, 1.165) is 30.7 Å². The third-order valence-electron chi connectivity index (χ3n) is 6.13. The zero-order valence-corrected chi connectivity index (χ0v) is 15.2. The second kappa shape index (κ2) is 6.95. The molecule has 0 N–H and O–H groups in total. The Bertz CT molecular complexity index is 692. The van der Waals surface area contributed by atoms with Crippen LogP contribution in [0.25, 0.3) is 11.1 Å². The van der Waals surface area contributed by atoms with E-state index in [4.69, 9.17) is 9.31 Å². The summed E-state index contributed by atoms with van der Waals surface area (Å²) in [5, 5.41) is 0. The molecule has 2 aromatic rings. The molecule has 0 bridgehead atoms. The van der Waals surface area contributed by atoms with Gasteiger partial charge in [-0.3, -0.25) is 0 Å². The first kappa shape index (κ1) is 16.8. The summed E-state index contributed by atoms with van der Waals surface area (Å²) in [4.78, 5) is 0. The summed E-state index contributed by atoms with van der Waals surface area (Å²) in [7, 11) is 0. The number of benzene rings is 2. The van der Waals surface area contributed by atoms with Crippen molar-refractivity contribution in [2.75, 3.05) is 32.8 Å². The van der Waals surface area contributed by atoms with Crippen molar-refractivity contribution in [3.63, 3.8) is 0 Å². The van der Waals surface area contributed by atoms with Crippen LogP contribution in [0.4, 0.5) is 0 Å². The zero-order valence-electron chi connectivity index (χ0n) is 15.2. The van der Waals surface area contributed by atoms with E-state index in [-0.39, 0.29) is 0 Å². The molecule has 132 valence electrons. The molecule has 0 saturated carbocycles. The first-order chi connectivity index (χ1) is 12.3. The zero-order chi connectivity index (χ0) is 17.2. The van der Waals surface area contributed by atoms with Crippen molar-refractivity contribution >= 4 is 12.1 Å². The second-order valence-electron chi connectivity index (χ2n) is 7.50. The van der Waals surface area contributed by atoms with Crippen molar-refractivity contribution in [2.45, 2.75) is 26.2 Å². The molecule has 0 spiro atoms. The molecule has 2 heterocycles. The minimum absolute atomic E-state index is 0.812. The molecule has 2 fully saturated rings. The van der Waals surface area contributed by atoms with Crippen molar-refractivity contribution in [1.29, 1.82) is 0 Å². The summed E-state index contributed by atoms with van der Waals surface area (Å²) in [5.74, 6) is 0. The molecule has 2 aliphatic heterocycles. The number of quaternary nitrogens is 1. The summed E-state index contributed by atoms with van der Waals surface area (Å²) in [5.41, 5.74) is 3.73. The third-order valence-corrected chi connectivity index (χ3v) is 6.13. The van der Waals surface area contributed by atoms with Gasteiger partial charge in [-0.1, -0.05) is 73.4 Å². The highest BCUT2D eigenvalue weighted by molar-refractivity contribution is 6.75. The lowest BCUT2D eigenvalue weighted by atomic mass is 9.60. The van der Waals surface area contributed by atoms with E-state index < -0.39 is 6.69 Å². The summed E-state index contributed by atoms with van der Waals surface area (Å²) in [6.45, 7) is 5.86. The lowest BCUT2D eigenvalue weighted by molar-refractivity contribution is -0.820. The van der Waals surface area contributed by atoms with Crippen LogP contribution in [-0.4, -0.2) is 43.9 Å². The molecule has 0 aliphatic carbocycles. The normalized spacial score (nSPS) is 28.2. The van der Waals surface area contributed by atoms with Gasteiger partial charge in [-0.2, -0.15) is 0 Å². The Labute approximate surface area is 151 Å². The monoisotopic (exact) mass is 337 g/mol. The maximum Gasteiger partial charge on any atom is 0.502 e. The molecule has 0 unspecified atom stereocenters. The smallest absolute Gasteiger partial charge is 0.502 e. The van der Waals surface area contributed by atoms with Gasteiger partial charge in [-0.15, -0.1) is 0 Å². The van der Waals surface area contributed by atoms with Crippen molar-refractivity contribution < 1.29 is 13.7 Å². The molecule has 3 nitrogen and oxygen atoms in total. The molecule has 25 heavy (non-hydrogen) atoms. The molecule has 0 radical (unpaired) electrons. The van der Waals surface area contributed by atoms with Gasteiger partial charge in [0.1, 0.15) is 0 Å². The standard InChI is InChI=1S/C21H28BNO2/c1-2-3-7-14-23-15-17-24-22(23,25-18-16-23)21-12-10-20(11-13-21)19-8-5-4-6-9-19/h4-6,8-13H,2-3,7,14-18H2,1H3. The van der Waals surface area contributed by atoms with Gasteiger partial charge in [0.15, 0.2) is 0 Å². The van der Waals surface area contributed by atoms with Crippen molar-refractivity contribution in [1.82, 2.24) is 0 Å². The van der Waals surface area contributed by atoms with Crippen LogP contribution in [0.15, 0.2) is 54.6 Å². The van der Waals surface area contributed by atoms with E-state index in [9.17, 15) is 0 Å². The first-order valence-corrected chi connectivity index (χ1v) is 9.73.